The molecule has 67 heavy (non-hydrogen) atoms. The van der Waals surface area contributed by atoms with Gasteiger partial charge in [-0.15, -0.1) is 12.1 Å². The largest absolute Gasteiger partial charge is 0.412 e. The van der Waals surface area contributed by atoms with Crippen LogP contribution in [-0.2, 0) is 65.4 Å². The number of carbonyl (C=O) groups is 4. The van der Waals surface area contributed by atoms with Gasteiger partial charge in [0, 0.05) is 124 Å². The maximum Gasteiger partial charge on any atom is 0.220 e. The van der Waals surface area contributed by atoms with Crippen LogP contribution in [0.1, 0.15) is 97.5 Å². The van der Waals surface area contributed by atoms with Gasteiger partial charge in [0.25, 0.3) is 0 Å². The maximum atomic E-state index is 11.4. The molecule has 0 aliphatic heterocycles. The zero-order valence-electron chi connectivity index (χ0n) is 38.4. The number of rotatable bonds is 8. The minimum absolute atomic E-state index is 0. The number of H-pyrrole nitrogens is 4. The number of aromatic amines is 4. The predicted molar refractivity (Wildman–Crippen MR) is 246 cm³/mol. The number of nitrogens with two attached hydrogens (primary N) is 4. The van der Waals surface area contributed by atoms with Crippen LogP contribution in [0.15, 0.2) is 55.1 Å². The normalized spacial score (nSPS) is 10.1. The van der Waals surface area contributed by atoms with Crippen molar-refractivity contribution in [2.75, 3.05) is 22.9 Å². The molecular weight excluding hydrogens is 1010 g/mol. The Morgan fingerprint density at radius 2 is 0.851 bits per heavy atom. The fraction of sp³-hybridized carbons (Fsp3) is 0.200. The van der Waals surface area contributed by atoms with Crippen LogP contribution < -0.4 is 22.9 Å². The number of nitrogens with zero attached hydrogens (tertiary/aromatic N) is 8. The smallest absolute Gasteiger partial charge is 0.220 e. The predicted octanol–water partition coefficient (Wildman–Crippen LogP) is 6.16. The van der Waals surface area contributed by atoms with Gasteiger partial charge < -0.3 is 52.5 Å². The quantitative estimate of drug-likeness (QED) is 0.0623. The number of nitrogens with one attached hydrogen (secondary N) is 4. The molecule has 0 unspecified atom stereocenters. The fourth-order valence-corrected chi connectivity index (χ4v) is 6.34. The van der Waals surface area contributed by atoms with Crippen molar-refractivity contribution in [1.29, 1.82) is 0 Å². The summed E-state index contributed by atoms with van der Waals surface area (Å²) in [6, 6.07) is 14.7. The van der Waals surface area contributed by atoms with E-state index in [-0.39, 0.29) is 112 Å². The van der Waals surface area contributed by atoms with Crippen LogP contribution in [-0.4, -0.2) is 82.9 Å². The van der Waals surface area contributed by atoms with Crippen LogP contribution in [0.3, 0.4) is 0 Å². The third-order valence-electron chi connectivity index (χ3n) is 9.43. The molecule has 0 aliphatic carbocycles. The Kier molecular flexibility index (Phi) is 19.9. The van der Waals surface area contributed by atoms with Crippen molar-refractivity contribution in [2.45, 2.75) is 62.3 Å². The summed E-state index contributed by atoms with van der Waals surface area (Å²) in [4.78, 5) is 89.3. The first-order valence-corrected chi connectivity index (χ1v) is 19.7. The second-order valence-corrected chi connectivity index (χ2v) is 14.6. The van der Waals surface area contributed by atoms with Gasteiger partial charge in [0.05, 0.1) is 34.3 Å². The van der Waals surface area contributed by atoms with Gasteiger partial charge in [-0.25, -0.2) is 29.9 Å². The van der Waals surface area contributed by atoms with Gasteiger partial charge in [-0.05, 0) is 89.7 Å². The van der Waals surface area contributed by atoms with Gasteiger partial charge >= 0.3 is 0 Å². The Morgan fingerprint density at radius 3 is 1.22 bits per heavy atom. The molecule has 0 fully saturated rings. The monoisotopic (exact) mass is 1050 g/mol. The first kappa shape index (κ1) is 54.9. The van der Waals surface area contributed by atoms with Crippen molar-refractivity contribution in [1.82, 2.24) is 59.8 Å². The molecule has 20 nitrogen and oxygen atoms in total. The topological polar surface area (TPSA) is 339 Å². The first-order chi connectivity index (χ1) is 30.7. The number of anilines is 4. The van der Waals surface area contributed by atoms with Crippen LogP contribution in [0.2, 0.25) is 0 Å². The number of carbonyl (C=O) groups excluding carboxylic acids is 4. The standard InChI is InChI=1S/C12H13N4O.2C11H12N4O.C11H11N4O.2Y/c1-6-5-14-12(13)16-11(6)10-4-9(8(3)17)7(2)15-10;3*1-6-8(7(2)16)5-10(14-6)9-3-4-13-11(12)15-9;;/h5,15H,1-3H3,(H2,13,14,16);2*3-5,14H,1-2H3,(H2,12,13,15);3-4,14H,1-2H3,(H2,12,13,15);;/q-1;;;-1;;. The maximum absolute atomic E-state index is 11.4. The van der Waals surface area contributed by atoms with E-state index < -0.39 is 0 Å². The molecule has 0 atom stereocenters. The number of aryl methyl sites for hydroxylation is 5. The van der Waals surface area contributed by atoms with Gasteiger partial charge in [-0.3, -0.25) is 19.6 Å². The molecule has 22 heteroatoms. The third-order valence-corrected chi connectivity index (χ3v) is 9.43. The molecule has 8 rings (SSSR count). The molecule has 8 aromatic rings. The number of hydrogen-bond acceptors (Lipinski definition) is 16. The molecule has 0 saturated heterocycles. The van der Waals surface area contributed by atoms with Gasteiger partial charge in [-0.1, -0.05) is 42.4 Å². The molecule has 0 aliphatic rings. The van der Waals surface area contributed by atoms with Crippen LogP contribution in [0.5, 0.6) is 0 Å². The summed E-state index contributed by atoms with van der Waals surface area (Å²) in [6.07, 6.45) is 6.38. The Bertz CT molecular complexity index is 2810. The Balaban J connectivity index is 0.000000235. The van der Waals surface area contributed by atoms with Crippen molar-refractivity contribution in [3.8, 4) is 45.6 Å². The zero-order chi connectivity index (χ0) is 47.7. The van der Waals surface area contributed by atoms with E-state index in [0.29, 0.717) is 56.4 Å². The average Bonchev–Trinajstić information content (AvgIpc) is 4.04. The summed E-state index contributed by atoms with van der Waals surface area (Å²) >= 11 is 0. The van der Waals surface area contributed by atoms with E-state index in [9.17, 15) is 19.2 Å². The van der Waals surface area contributed by atoms with Crippen LogP contribution >= 0.6 is 0 Å². The van der Waals surface area contributed by atoms with E-state index in [1.807, 2.05) is 34.6 Å². The van der Waals surface area contributed by atoms with Crippen LogP contribution in [0.4, 0.5) is 23.8 Å². The SMILES string of the molecule is CC(=O)c1[c-]c(-c2ccnc(N)n2)[nH]c1C.CC(=O)c1[c-]c(-c2nc(N)ncc2C)[nH]c1C.CC(=O)c1cc(-c2ccnc(N)n2)[nH]c1C.CC(=O)c1cc(-c2ccnc(N)n2)[nH]c1C.[Y].[Y]. The average molecular weight is 1050 g/mol. The zero-order valence-corrected chi connectivity index (χ0v) is 44.0. The summed E-state index contributed by atoms with van der Waals surface area (Å²) in [5, 5.41) is 0. The number of aromatic nitrogens is 12. The summed E-state index contributed by atoms with van der Waals surface area (Å²) < 4.78 is 0. The molecular formula is C45H48N16O4Y2-2. The van der Waals surface area contributed by atoms with E-state index in [0.717, 1.165) is 39.7 Å². The van der Waals surface area contributed by atoms with Gasteiger partial charge in [0.2, 0.25) is 23.8 Å². The minimum Gasteiger partial charge on any atom is -0.412 e. The molecule has 0 bridgehead atoms. The fourth-order valence-electron chi connectivity index (χ4n) is 6.34. The molecule has 0 spiro atoms. The number of Topliss-reactive ketones (excluding diaryl/α,β-unsaturated/α-hetero) is 4. The molecule has 8 aromatic heterocycles. The Morgan fingerprint density at radius 1 is 0.478 bits per heavy atom. The van der Waals surface area contributed by atoms with Crippen molar-refractivity contribution in [2.24, 2.45) is 0 Å². The molecule has 0 saturated carbocycles. The minimum atomic E-state index is -0.0259. The van der Waals surface area contributed by atoms with Crippen molar-refractivity contribution >= 4 is 46.9 Å². The summed E-state index contributed by atoms with van der Waals surface area (Å²) in [7, 11) is 0. The summed E-state index contributed by atoms with van der Waals surface area (Å²) in [6.45, 7) is 15.3. The molecule has 12 N–H and O–H groups in total. The van der Waals surface area contributed by atoms with E-state index in [1.54, 1.807) is 55.1 Å². The molecule has 340 valence electrons. The van der Waals surface area contributed by atoms with E-state index >= 15 is 0 Å². The van der Waals surface area contributed by atoms with Gasteiger partial charge in [-0.2, -0.15) is 0 Å². The van der Waals surface area contributed by atoms with E-state index in [1.165, 1.54) is 27.7 Å². The summed E-state index contributed by atoms with van der Waals surface area (Å²) in [5.41, 5.74) is 34.1. The number of nitrogen functional groups attached to an aromatic ring is 4. The van der Waals surface area contributed by atoms with E-state index in [2.05, 4.69) is 71.9 Å². The van der Waals surface area contributed by atoms with Crippen molar-refractivity contribution in [3.05, 3.63) is 118 Å². The number of hydrogen-bond donors (Lipinski definition) is 8. The summed E-state index contributed by atoms with van der Waals surface area (Å²) in [5.74, 6) is 0.845. The number of ketones is 4. The second-order valence-electron chi connectivity index (χ2n) is 14.6. The second kappa shape index (κ2) is 24.3. The molecule has 8 heterocycles. The Labute approximate surface area is 436 Å². The van der Waals surface area contributed by atoms with Crippen molar-refractivity contribution in [3.63, 3.8) is 0 Å². The van der Waals surface area contributed by atoms with Gasteiger partial charge in [0.15, 0.2) is 11.6 Å². The molecule has 0 amide bonds. The third kappa shape index (κ3) is 14.5. The van der Waals surface area contributed by atoms with Crippen molar-refractivity contribution < 1.29 is 84.6 Å². The van der Waals surface area contributed by atoms with E-state index in [4.69, 9.17) is 22.9 Å². The van der Waals surface area contributed by atoms with Gasteiger partial charge in [0.1, 0.15) is 0 Å². The Hall–Kier alpha value is -6.47. The molecule has 0 aromatic carbocycles. The van der Waals surface area contributed by atoms with Crippen LogP contribution in [0, 0.1) is 46.8 Å². The first-order valence-electron chi connectivity index (χ1n) is 19.7. The van der Waals surface area contributed by atoms with Crippen LogP contribution in [0.25, 0.3) is 45.6 Å². The molecule has 2 radical (unpaired) electrons.